The van der Waals surface area contributed by atoms with Crippen molar-refractivity contribution in [1.29, 1.82) is 0 Å². The molecule has 2 aliphatic heterocycles. The summed E-state index contributed by atoms with van der Waals surface area (Å²) < 4.78 is 37.3. The van der Waals surface area contributed by atoms with Crippen molar-refractivity contribution in [1.82, 2.24) is 14.9 Å². The van der Waals surface area contributed by atoms with Gasteiger partial charge in [0, 0.05) is 25.7 Å². The Morgan fingerprint density at radius 3 is 2.58 bits per heavy atom. The van der Waals surface area contributed by atoms with Gasteiger partial charge in [-0.05, 0) is 12.1 Å². The van der Waals surface area contributed by atoms with E-state index in [0.29, 0.717) is 24.7 Å². The van der Waals surface area contributed by atoms with E-state index in [-0.39, 0.29) is 37.0 Å². The summed E-state index contributed by atoms with van der Waals surface area (Å²) in [6.07, 6.45) is -0.178. The second kappa shape index (κ2) is 7.38. The number of nitrogens with one attached hydrogen (secondary N) is 2. The summed E-state index contributed by atoms with van der Waals surface area (Å²) in [6, 6.07) is 3.61. The van der Waals surface area contributed by atoms with Crippen molar-refractivity contribution in [3.8, 4) is 11.5 Å². The van der Waals surface area contributed by atoms with Crippen LogP contribution in [0.25, 0.3) is 0 Å². The molecule has 0 aliphatic carbocycles. The zero-order chi connectivity index (χ0) is 18.7. The normalized spacial score (nSPS) is 17.2. The summed E-state index contributed by atoms with van der Waals surface area (Å²) >= 11 is 0. The molecular weight excluding hydrogens is 366 g/mol. The predicted octanol–water partition coefficient (Wildman–Crippen LogP) is -0.395. The van der Waals surface area contributed by atoms with Crippen LogP contribution < -0.4 is 20.1 Å². The van der Waals surface area contributed by atoms with Crippen LogP contribution in [-0.4, -0.2) is 68.7 Å². The summed E-state index contributed by atoms with van der Waals surface area (Å²) in [5.41, 5.74) is 0. The molecule has 142 valence electrons. The number of sulfonamides is 1. The number of hydrogen-bond donors (Lipinski definition) is 3. The summed E-state index contributed by atoms with van der Waals surface area (Å²) in [5.74, 6) is -0.104. The van der Waals surface area contributed by atoms with Gasteiger partial charge in [-0.25, -0.2) is 13.2 Å². The van der Waals surface area contributed by atoms with E-state index in [1.165, 1.54) is 16.4 Å². The SMILES string of the molecule is O=C(O)CCNC(=O)NC1CN(S(=O)(=O)c2ccc3c(c2)OCCO3)C1. The van der Waals surface area contributed by atoms with Crippen LogP contribution in [-0.2, 0) is 14.8 Å². The Morgan fingerprint density at radius 2 is 1.88 bits per heavy atom. The average molecular weight is 385 g/mol. The minimum absolute atomic E-state index is 0.00704. The third kappa shape index (κ3) is 3.99. The van der Waals surface area contributed by atoms with Gasteiger partial charge in [0.15, 0.2) is 11.5 Å². The van der Waals surface area contributed by atoms with Crippen LogP contribution in [0.15, 0.2) is 23.1 Å². The average Bonchev–Trinajstić information content (AvgIpc) is 2.56. The Kier molecular flexibility index (Phi) is 5.18. The molecule has 2 aliphatic rings. The molecule has 0 aromatic heterocycles. The van der Waals surface area contributed by atoms with Gasteiger partial charge in [0.2, 0.25) is 10.0 Å². The number of carbonyl (C=O) groups excluding carboxylic acids is 1. The molecule has 0 atom stereocenters. The number of nitrogens with zero attached hydrogens (tertiary/aromatic N) is 1. The molecule has 1 saturated heterocycles. The number of carboxylic acid groups (broad SMARTS) is 1. The second-order valence-corrected chi connectivity index (χ2v) is 7.81. The molecular formula is C15H19N3O7S. The van der Waals surface area contributed by atoms with Crippen molar-refractivity contribution in [3.63, 3.8) is 0 Å². The molecule has 3 N–H and O–H groups in total. The highest BCUT2D eigenvalue weighted by Gasteiger charge is 2.38. The molecule has 1 aromatic rings. The topological polar surface area (TPSA) is 134 Å². The number of hydrogen-bond acceptors (Lipinski definition) is 6. The van der Waals surface area contributed by atoms with Crippen LogP contribution >= 0.6 is 0 Å². The molecule has 0 bridgehead atoms. The van der Waals surface area contributed by atoms with Gasteiger partial charge >= 0.3 is 12.0 Å². The lowest BCUT2D eigenvalue weighted by molar-refractivity contribution is -0.136. The first-order valence-electron chi connectivity index (χ1n) is 8.02. The lowest BCUT2D eigenvalue weighted by Gasteiger charge is -2.38. The highest BCUT2D eigenvalue weighted by atomic mass is 32.2. The molecule has 2 amide bonds. The van der Waals surface area contributed by atoms with Gasteiger partial charge in [-0.2, -0.15) is 4.31 Å². The smallest absolute Gasteiger partial charge is 0.315 e. The summed E-state index contributed by atoms with van der Waals surface area (Å²) in [7, 11) is -3.68. The number of aliphatic carboxylic acids is 1. The maximum atomic E-state index is 12.6. The monoisotopic (exact) mass is 385 g/mol. The molecule has 1 fully saturated rings. The minimum Gasteiger partial charge on any atom is -0.486 e. The highest BCUT2D eigenvalue weighted by Crippen LogP contribution is 2.33. The van der Waals surface area contributed by atoms with E-state index >= 15 is 0 Å². The van der Waals surface area contributed by atoms with Gasteiger partial charge in [0.1, 0.15) is 13.2 Å². The van der Waals surface area contributed by atoms with Gasteiger partial charge < -0.3 is 25.2 Å². The number of benzene rings is 1. The lowest BCUT2D eigenvalue weighted by Crippen LogP contribution is -2.62. The molecule has 0 saturated carbocycles. The fourth-order valence-electron chi connectivity index (χ4n) is 2.58. The number of carboxylic acids is 1. The summed E-state index contributed by atoms with van der Waals surface area (Å²) in [5, 5.41) is 13.5. The third-order valence-electron chi connectivity index (χ3n) is 3.96. The lowest BCUT2D eigenvalue weighted by atomic mass is 10.2. The summed E-state index contributed by atoms with van der Waals surface area (Å²) in [4.78, 5) is 22.1. The molecule has 0 spiro atoms. The van der Waals surface area contributed by atoms with Gasteiger partial charge in [-0.15, -0.1) is 0 Å². The maximum absolute atomic E-state index is 12.6. The first-order valence-corrected chi connectivity index (χ1v) is 9.46. The molecule has 26 heavy (non-hydrogen) atoms. The maximum Gasteiger partial charge on any atom is 0.315 e. The van der Waals surface area contributed by atoms with Crippen molar-refractivity contribution in [3.05, 3.63) is 18.2 Å². The van der Waals surface area contributed by atoms with E-state index in [1.54, 1.807) is 6.07 Å². The molecule has 1 aromatic carbocycles. The van der Waals surface area contributed by atoms with Crippen LogP contribution in [0.3, 0.4) is 0 Å². The number of amides is 2. The fraction of sp³-hybridized carbons (Fsp3) is 0.467. The quantitative estimate of drug-likeness (QED) is 0.607. The largest absolute Gasteiger partial charge is 0.486 e. The van der Waals surface area contributed by atoms with Gasteiger partial charge in [-0.3, -0.25) is 4.79 Å². The molecule has 3 rings (SSSR count). The van der Waals surface area contributed by atoms with E-state index in [0.717, 1.165) is 0 Å². The van der Waals surface area contributed by atoms with Gasteiger partial charge in [-0.1, -0.05) is 0 Å². The standard InChI is InChI=1S/C15H19N3O7S/c19-14(20)3-4-16-15(21)17-10-8-18(9-10)26(22,23)11-1-2-12-13(7-11)25-6-5-24-12/h1-2,7,10H,3-6,8-9H2,(H,19,20)(H2,16,17,21). The first kappa shape index (κ1) is 18.3. The zero-order valence-electron chi connectivity index (χ0n) is 13.8. The number of carbonyl (C=O) groups is 2. The Hall–Kier alpha value is -2.53. The molecule has 10 nitrogen and oxygen atoms in total. The van der Waals surface area contributed by atoms with E-state index < -0.39 is 22.0 Å². The van der Waals surface area contributed by atoms with Crippen molar-refractivity contribution in [2.45, 2.75) is 17.4 Å². The van der Waals surface area contributed by atoms with E-state index in [4.69, 9.17) is 14.6 Å². The Labute approximate surface area is 150 Å². The number of rotatable bonds is 6. The number of urea groups is 1. The van der Waals surface area contributed by atoms with Crippen LogP contribution in [0.5, 0.6) is 11.5 Å². The first-order chi connectivity index (χ1) is 12.4. The van der Waals surface area contributed by atoms with E-state index in [1.807, 2.05) is 0 Å². The third-order valence-corrected chi connectivity index (χ3v) is 5.79. The van der Waals surface area contributed by atoms with Crippen LogP contribution in [0.4, 0.5) is 4.79 Å². The van der Waals surface area contributed by atoms with Crippen LogP contribution in [0.2, 0.25) is 0 Å². The fourth-order valence-corrected chi connectivity index (χ4v) is 4.12. The molecule has 2 heterocycles. The number of fused-ring (bicyclic) bond motifs is 1. The van der Waals surface area contributed by atoms with Crippen molar-refractivity contribution in [2.24, 2.45) is 0 Å². The highest BCUT2D eigenvalue weighted by molar-refractivity contribution is 7.89. The van der Waals surface area contributed by atoms with Crippen LogP contribution in [0.1, 0.15) is 6.42 Å². The molecule has 0 radical (unpaired) electrons. The summed E-state index contributed by atoms with van der Waals surface area (Å²) in [6.45, 7) is 1.08. The van der Waals surface area contributed by atoms with Crippen molar-refractivity contribution < 1.29 is 32.6 Å². The van der Waals surface area contributed by atoms with Gasteiger partial charge in [0.05, 0.1) is 17.4 Å². The van der Waals surface area contributed by atoms with Crippen LogP contribution in [0, 0.1) is 0 Å². The second-order valence-electron chi connectivity index (χ2n) is 5.87. The minimum atomic E-state index is -3.68. The van der Waals surface area contributed by atoms with Gasteiger partial charge in [0.25, 0.3) is 0 Å². The van der Waals surface area contributed by atoms with E-state index in [2.05, 4.69) is 10.6 Å². The Morgan fingerprint density at radius 1 is 1.19 bits per heavy atom. The van der Waals surface area contributed by atoms with Crippen molar-refractivity contribution >= 4 is 22.0 Å². The Balaban J connectivity index is 1.53. The predicted molar refractivity (Wildman–Crippen MR) is 88.8 cm³/mol. The number of ether oxygens (including phenoxy) is 2. The zero-order valence-corrected chi connectivity index (χ0v) is 14.6. The van der Waals surface area contributed by atoms with E-state index in [9.17, 15) is 18.0 Å². The molecule has 0 unspecified atom stereocenters. The van der Waals surface area contributed by atoms with Crippen molar-refractivity contribution in [2.75, 3.05) is 32.8 Å². The molecule has 11 heteroatoms. The Bertz CT molecular complexity index is 805.